The monoisotopic (exact) mass is 526 g/mol. The summed E-state index contributed by atoms with van der Waals surface area (Å²) >= 11 is 0. The van der Waals surface area contributed by atoms with Crippen molar-refractivity contribution in [1.29, 1.82) is 0 Å². The molecule has 0 bridgehead atoms. The topological polar surface area (TPSA) is 85.6 Å². The fourth-order valence-corrected chi connectivity index (χ4v) is 10.9. The fourth-order valence-electron chi connectivity index (χ4n) is 10.9. The van der Waals surface area contributed by atoms with Gasteiger partial charge < -0.3 is 20.6 Å². The van der Waals surface area contributed by atoms with Crippen molar-refractivity contribution in [2.45, 2.75) is 124 Å². The lowest BCUT2D eigenvalue weighted by Crippen LogP contribution is -2.66. The summed E-state index contributed by atoms with van der Waals surface area (Å²) in [6.45, 7) is 15.8. The van der Waals surface area contributed by atoms with Gasteiger partial charge >= 0.3 is 0 Å². The minimum atomic E-state index is -0.775. The number of hydrogen-bond donors (Lipinski definition) is 4. The van der Waals surface area contributed by atoms with Crippen molar-refractivity contribution < 1.29 is 15.3 Å². The Balaban J connectivity index is 1.30. The lowest BCUT2D eigenvalue weighted by Gasteiger charge is -2.70. The van der Waals surface area contributed by atoms with Gasteiger partial charge in [0.15, 0.2) is 0 Å². The van der Waals surface area contributed by atoms with E-state index in [1.165, 1.54) is 12.0 Å². The molecule has 5 rings (SSSR count). The largest absolute Gasteiger partial charge is 0.393 e. The Hall–Kier alpha value is -1.01. The van der Waals surface area contributed by atoms with Crippen molar-refractivity contribution in [2.24, 2.45) is 45.3 Å². The highest BCUT2D eigenvalue weighted by Gasteiger charge is 2.71. The van der Waals surface area contributed by atoms with E-state index >= 15 is 0 Å². The summed E-state index contributed by atoms with van der Waals surface area (Å²) in [5.41, 5.74) is 0.694. The summed E-state index contributed by atoms with van der Waals surface area (Å²) in [6, 6.07) is 4.07. The summed E-state index contributed by atoms with van der Waals surface area (Å²) in [6.07, 6.45) is 11.9. The highest BCUT2D eigenvalue weighted by Crippen LogP contribution is 2.75. The molecule has 4 aliphatic carbocycles. The molecule has 1 aromatic rings. The zero-order valence-corrected chi connectivity index (χ0v) is 24.8. The molecule has 4 aliphatic rings. The van der Waals surface area contributed by atoms with Crippen LogP contribution in [0, 0.1) is 45.3 Å². The van der Waals surface area contributed by atoms with Crippen molar-refractivity contribution in [3.63, 3.8) is 0 Å². The SMILES string of the molecule is CC1(C)[C@@H](O)CC[C@]2(C)[C@H]3C[C@@H](O)[C@@H]4[C@@H]([C@@](C)(O)CCCNCc5ccncc5)CC[C@@]4(C)[C@]3(C)CC[C@@H]12. The predicted molar refractivity (Wildman–Crippen MR) is 152 cm³/mol. The van der Waals surface area contributed by atoms with Gasteiger partial charge in [-0.05, 0) is 134 Å². The fraction of sp³-hybridized carbons (Fsp3) is 0.848. The summed E-state index contributed by atoms with van der Waals surface area (Å²) in [5.74, 6) is 1.23. The molecule has 0 radical (unpaired) electrons. The molecule has 38 heavy (non-hydrogen) atoms. The molecule has 4 fully saturated rings. The number of nitrogens with one attached hydrogen (secondary N) is 1. The molecule has 5 nitrogen and oxygen atoms in total. The van der Waals surface area contributed by atoms with Gasteiger partial charge in [-0.25, -0.2) is 0 Å². The molecule has 214 valence electrons. The maximum Gasteiger partial charge on any atom is 0.0652 e. The molecular weight excluding hydrogens is 472 g/mol. The minimum absolute atomic E-state index is 0.0256. The Morgan fingerprint density at radius 1 is 0.947 bits per heavy atom. The smallest absolute Gasteiger partial charge is 0.0652 e. The van der Waals surface area contributed by atoms with Crippen molar-refractivity contribution in [1.82, 2.24) is 10.3 Å². The van der Waals surface area contributed by atoms with E-state index in [0.717, 1.165) is 64.5 Å². The normalized spacial score (nSPS) is 45.5. The lowest BCUT2D eigenvalue weighted by molar-refractivity contribution is -0.246. The van der Waals surface area contributed by atoms with E-state index in [9.17, 15) is 15.3 Å². The Morgan fingerprint density at radius 2 is 1.63 bits per heavy atom. The second-order valence-corrected chi connectivity index (χ2v) is 15.3. The standard InChI is InChI=1S/C33H54N2O3/c1-29(2)25-9-16-31(4)26(30(25,3)14-10-27(29)37)20-24(36)28-23(8-15-32(28,31)5)33(6,38)13-7-17-35-21-22-11-18-34-19-12-22/h11-12,18-19,23-28,35-38H,7-10,13-17,20-21H2,1-6H3/t23-,24+,25-,26+,27-,28-,30-,31+,32+,33-/m0/s1. The van der Waals surface area contributed by atoms with Crippen LogP contribution in [0.1, 0.15) is 105 Å². The molecule has 0 spiro atoms. The van der Waals surface area contributed by atoms with Crippen LogP contribution < -0.4 is 5.32 Å². The van der Waals surface area contributed by atoms with Crippen LogP contribution in [0.2, 0.25) is 0 Å². The van der Waals surface area contributed by atoms with Gasteiger partial charge in [0.2, 0.25) is 0 Å². The zero-order chi connectivity index (χ0) is 27.6. The number of aliphatic hydroxyl groups excluding tert-OH is 2. The molecule has 4 N–H and O–H groups in total. The summed E-state index contributed by atoms with van der Waals surface area (Å²) in [7, 11) is 0. The first-order valence-corrected chi connectivity index (χ1v) is 15.5. The average Bonchev–Trinajstić information content (AvgIpc) is 3.25. The molecule has 0 amide bonds. The molecule has 5 heteroatoms. The van der Waals surface area contributed by atoms with Crippen LogP contribution >= 0.6 is 0 Å². The molecule has 0 aromatic carbocycles. The van der Waals surface area contributed by atoms with Gasteiger partial charge in [-0.15, -0.1) is 0 Å². The highest BCUT2D eigenvalue weighted by molar-refractivity contribution is 5.20. The third-order valence-corrected chi connectivity index (χ3v) is 13.3. The second kappa shape index (κ2) is 9.82. The maximum absolute atomic E-state index is 11.9. The first-order valence-electron chi connectivity index (χ1n) is 15.5. The number of aromatic nitrogens is 1. The first-order chi connectivity index (χ1) is 17.8. The van der Waals surface area contributed by atoms with Crippen LogP contribution in [0.25, 0.3) is 0 Å². The van der Waals surface area contributed by atoms with Crippen LogP contribution in [-0.2, 0) is 6.54 Å². The number of nitrogens with zero attached hydrogens (tertiary/aromatic N) is 1. The lowest BCUT2D eigenvalue weighted by atomic mass is 9.35. The van der Waals surface area contributed by atoms with Gasteiger partial charge in [0.25, 0.3) is 0 Å². The average molecular weight is 527 g/mol. The van der Waals surface area contributed by atoms with Crippen LogP contribution in [0.5, 0.6) is 0 Å². The van der Waals surface area contributed by atoms with Gasteiger partial charge in [0, 0.05) is 18.9 Å². The zero-order valence-electron chi connectivity index (χ0n) is 24.8. The van der Waals surface area contributed by atoms with E-state index < -0.39 is 5.60 Å². The van der Waals surface area contributed by atoms with Crippen molar-refractivity contribution in [3.8, 4) is 0 Å². The molecular formula is C33H54N2O3. The Bertz CT molecular complexity index is 982. The number of pyridine rings is 1. The highest BCUT2D eigenvalue weighted by atomic mass is 16.3. The number of fused-ring (bicyclic) bond motifs is 5. The summed E-state index contributed by atoms with van der Waals surface area (Å²) < 4.78 is 0. The molecule has 10 atom stereocenters. The van der Waals surface area contributed by atoms with Gasteiger partial charge in [0.05, 0.1) is 17.8 Å². The summed E-state index contributed by atoms with van der Waals surface area (Å²) in [5, 5.41) is 38.1. The van der Waals surface area contributed by atoms with Crippen LogP contribution in [-0.4, -0.2) is 44.7 Å². The number of hydrogen-bond acceptors (Lipinski definition) is 5. The number of rotatable bonds is 7. The Morgan fingerprint density at radius 3 is 2.34 bits per heavy atom. The van der Waals surface area contributed by atoms with Gasteiger partial charge in [-0.2, -0.15) is 0 Å². The quantitative estimate of drug-likeness (QED) is 0.342. The first kappa shape index (κ1) is 28.5. The summed E-state index contributed by atoms with van der Waals surface area (Å²) in [4.78, 5) is 4.08. The number of aliphatic hydroxyl groups is 3. The van der Waals surface area contributed by atoms with Crippen LogP contribution in [0.3, 0.4) is 0 Å². The van der Waals surface area contributed by atoms with Gasteiger partial charge in [-0.1, -0.05) is 34.6 Å². The van der Waals surface area contributed by atoms with Crippen molar-refractivity contribution >= 4 is 0 Å². The minimum Gasteiger partial charge on any atom is -0.393 e. The molecule has 0 saturated heterocycles. The van der Waals surface area contributed by atoms with Gasteiger partial charge in [-0.3, -0.25) is 4.98 Å². The third kappa shape index (κ3) is 4.30. The van der Waals surface area contributed by atoms with Crippen molar-refractivity contribution in [2.75, 3.05) is 6.54 Å². The van der Waals surface area contributed by atoms with E-state index in [-0.39, 0.29) is 45.7 Å². The molecule has 0 unspecified atom stereocenters. The van der Waals surface area contributed by atoms with Crippen LogP contribution in [0.15, 0.2) is 24.5 Å². The second-order valence-electron chi connectivity index (χ2n) is 15.3. The molecule has 0 aliphatic heterocycles. The van der Waals surface area contributed by atoms with Gasteiger partial charge in [0.1, 0.15) is 0 Å². The molecule has 1 heterocycles. The van der Waals surface area contributed by atoms with Crippen LogP contribution in [0.4, 0.5) is 0 Å². The molecule has 4 saturated carbocycles. The third-order valence-electron chi connectivity index (χ3n) is 13.3. The Labute approximate surface area is 231 Å². The van der Waals surface area contributed by atoms with E-state index in [1.807, 2.05) is 31.5 Å². The van der Waals surface area contributed by atoms with E-state index in [2.05, 4.69) is 44.9 Å². The molecule has 1 aromatic heterocycles. The van der Waals surface area contributed by atoms with E-state index in [1.54, 1.807) is 0 Å². The predicted octanol–water partition coefficient (Wildman–Crippen LogP) is 5.72. The maximum atomic E-state index is 11.9. The van der Waals surface area contributed by atoms with E-state index in [0.29, 0.717) is 11.8 Å². The Kier molecular flexibility index (Phi) is 7.37. The van der Waals surface area contributed by atoms with E-state index in [4.69, 9.17) is 0 Å². The van der Waals surface area contributed by atoms with Crippen molar-refractivity contribution in [3.05, 3.63) is 30.1 Å².